The van der Waals surface area contributed by atoms with Crippen LogP contribution in [-0.4, -0.2) is 53.6 Å². The van der Waals surface area contributed by atoms with Gasteiger partial charge in [-0.25, -0.2) is 8.42 Å². The Balaban J connectivity index is 1.92. The third kappa shape index (κ3) is 4.33. The van der Waals surface area contributed by atoms with E-state index in [1.807, 2.05) is 0 Å². The number of carbonyl (C=O) groups excluding carboxylic acids is 1. The van der Waals surface area contributed by atoms with Gasteiger partial charge < -0.3 is 19.1 Å². The van der Waals surface area contributed by atoms with Gasteiger partial charge in [0.1, 0.15) is 0 Å². The average Bonchev–Trinajstić information content (AvgIpc) is 2.77. The highest BCUT2D eigenvalue weighted by Gasteiger charge is 2.27. The SMILES string of the molecule is COc1ccc(CN(C)S(=O)(=O)c2ccc3c(c2)CCCN3C(C)=O)c(OC)c1OC. The number of hydrogen-bond acceptors (Lipinski definition) is 6. The van der Waals surface area contributed by atoms with Crippen LogP contribution in [0.4, 0.5) is 5.69 Å². The summed E-state index contributed by atoms with van der Waals surface area (Å²) in [5, 5.41) is 0. The lowest BCUT2D eigenvalue weighted by atomic mass is 10.0. The van der Waals surface area contributed by atoms with Crippen molar-refractivity contribution in [1.29, 1.82) is 0 Å². The van der Waals surface area contributed by atoms with Crippen molar-refractivity contribution in [1.82, 2.24) is 4.31 Å². The van der Waals surface area contributed by atoms with Crippen molar-refractivity contribution in [2.45, 2.75) is 31.2 Å². The second-order valence-corrected chi connectivity index (χ2v) is 9.36. The van der Waals surface area contributed by atoms with Gasteiger partial charge in [-0.3, -0.25) is 4.79 Å². The fourth-order valence-electron chi connectivity index (χ4n) is 3.85. The van der Waals surface area contributed by atoms with Crippen LogP contribution in [0.5, 0.6) is 17.2 Å². The monoisotopic (exact) mass is 448 g/mol. The molecule has 0 saturated heterocycles. The highest BCUT2D eigenvalue weighted by Crippen LogP contribution is 2.40. The Bertz CT molecular complexity index is 1080. The predicted molar refractivity (Wildman–Crippen MR) is 118 cm³/mol. The Kier molecular flexibility index (Phi) is 6.76. The van der Waals surface area contributed by atoms with Crippen molar-refractivity contribution in [2.75, 3.05) is 39.8 Å². The van der Waals surface area contributed by atoms with E-state index < -0.39 is 10.0 Å². The van der Waals surface area contributed by atoms with E-state index >= 15 is 0 Å². The first-order chi connectivity index (χ1) is 14.7. The zero-order chi connectivity index (χ0) is 22.8. The predicted octanol–water partition coefficient (Wildman–Crippen LogP) is 2.83. The van der Waals surface area contributed by atoms with Crippen LogP contribution < -0.4 is 19.1 Å². The lowest BCUT2D eigenvalue weighted by Gasteiger charge is -2.29. The number of fused-ring (bicyclic) bond motifs is 1. The van der Waals surface area contributed by atoms with Crippen molar-refractivity contribution in [2.24, 2.45) is 0 Å². The molecule has 9 heteroatoms. The largest absolute Gasteiger partial charge is 0.493 e. The summed E-state index contributed by atoms with van der Waals surface area (Å²) < 4.78 is 43.9. The van der Waals surface area contributed by atoms with Gasteiger partial charge in [0.2, 0.25) is 21.7 Å². The van der Waals surface area contributed by atoms with E-state index in [-0.39, 0.29) is 17.3 Å². The van der Waals surface area contributed by atoms with Crippen LogP contribution in [0.25, 0.3) is 0 Å². The molecule has 2 aromatic rings. The Hall–Kier alpha value is -2.78. The minimum Gasteiger partial charge on any atom is -0.493 e. The van der Waals surface area contributed by atoms with Gasteiger partial charge in [0.05, 0.1) is 26.2 Å². The molecule has 0 N–H and O–H groups in total. The van der Waals surface area contributed by atoms with Crippen molar-refractivity contribution in [3.63, 3.8) is 0 Å². The second kappa shape index (κ2) is 9.15. The molecule has 0 saturated carbocycles. The number of hydrogen-bond donors (Lipinski definition) is 0. The second-order valence-electron chi connectivity index (χ2n) is 7.32. The number of rotatable bonds is 7. The fourth-order valence-corrected chi connectivity index (χ4v) is 5.05. The summed E-state index contributed by atoms with van der Waals surface area (Å²) in [5.41, 5.74) is 2.29. The number of ether oxygens (including phenoxy) is 3. The van der Waals surface area contributed by atoms with E-state index in [2.05, 4.69) is 0 Å². The molecule has 31 heavy (non-hydrogen) atoms. The minimum absolute atomic E-state index is 0.0470. The molecule has 0 unspecified atom stereocenters. The summed E-state index contributed by atoms with van der Waals surface area (Å²) in [6, 6.07) is 8.41. The standard InChI is InChI=1S/C22H28N2O6S/c1-15(25)24-12-6-7-16-13-18(9-10-19(16)24)31(26,27)23(2)14-17-8-11-20(28-3)22(30-5)21(17)29-4/h8-11,13H,6-7,12,14H2,1-5H3. The van der Waals surface area contributed by atoms with E-state index in [1.165, 1.54) is 39.6 Å². The molecule has 2 aromatic carbocycles. The van der Waals surface area contributed by atoms with E-state index in [9.17, 15) is 13.2 Å². The highest BCUT2D eigenvalue weighted by atomic mass is 32.2. The maximum absolute atomic E-state index is 13.3. The van der Waals surface area contributed by atoms with Crippen LogP contribution in [0, 0.1) is 0 Å². The summed E-state index contributed by atoms with van der Waals surface area (Å²) in [6.07, 6.45) is 1.53. The maximum Gasteiger partial charge on any atom is 0.243 e. The van der Waals surface area contributed by atoms with Crippen LogP contribution in [0.15, 0.2) is 35.2 Å². The first-order valence-corrected chi connectivity index (χ1v) is 11.3. The number of benzene rings is 2. The molecular formula is C22H28N2O6S. The number of carbonyl (C=O) groups is 1. The Labute approximate surface area is 183 Å². The molecule has 0 aromatic heterocycles. The molecule has 0 aliphatic carbocycles. The summed E-state index contributed by atoms with van der Waals surface area (Å²) in [5.74, 6) is 1.28. The smallest absolute Gasteiger partial charge is 0.243 e. The van der Waals surface area contributed by atoms with Crippen LogP contribution in [0.1, 0.15) is 24.5 Å². The molecular weight excluding hydrogens is 420 g/mol. The van der Waals surface area contributed by atoms with E-state index in [1.54, 1.807) is 35.2 Å². The minimum atomic E-state index is -3.77. The van der Waals surface area contributed by atoms with E-state index in [4.69, 9.17) is 14.2 Å². The Morgan fingerprint density at radius 3 is 2.39 bits per heavy atom. The van der Waals surface area contributed by atoms with Gasteiger partial charge in [-0.2, -0.15) is 4.31 Å². The lowest BCUT2D eigenvalue weighted by Crippen LogP contribution is -2.34. The first-order valence-electron chi connectivity index (χ1n) is 9.89. The van der Waals surface area contributed by atoms with Crippen LogP contribution in [-0.2, 0) is 27.8 Å². The Morgan fingerprint density at radius 2 is 1.77 bits per heavy atom. The number of sulfonamides is 1. The highest BCUT2D eigenvalue weighted by molar-refractivity contribution is 7.89. The fraction of sp³-hybridized carbons (Fsp3) is 0.409. The van der Waals surface area contributed by atoms with Crippen molar-refractivity contribution in [3.8, 4) is 17.2 Å². The van der Waals surface area contributed by atoms with E-state index in [0.717, 1.165) is 24.1 Å². The first kappa shape index (κ1) is 22.9. The normalized spacial score (nSPS) is 13.7. The molecule has 0 atom stereocenters. The average molecular weight is 449 g/mol. The Morgan fingerprint density at radius 1 is 1.06 bits per heavy atom. The number of amides is 1. The van der Waals surface area contributed by atoms with Crippen molar-refractivity contribution < 1.29 is 27.4 Å². The van der Waals surface area contributed by atoms with Gasteiger partial charge in [-0.15, -0.1) is 0 Å². The molecule has 3 rings (SSSR count). The summed E-state index contributed by atoms with van der Waals surface area (Å²) >= 11 is 0. The zero-order valence-electron chi connectivity index (χ0n) is 18.5. The third-order valence-corrected chi connectivity index (χ3v) is 7.24. The summed E-state index contributed by atoms with van der Waals surface area (Å²) in [4.78, 5) is 13.8. The number of aryl methyl sites for hydroxylation is 1. The van der Waals surface area contributed by atoms with Crippen LogP contribution in [0.3, 0.4) is 0 Å². The molecule has 1 amide bonds. The van der Waals surface area contributed by atoms with Gasteiger partial charge in [-0.1, -0.05) is 6.07 Å². The zero-order valence-corrected chi connectivity index (χ0v) is 19.3. The van der Waals surface area contributed by atoms with Gasteiger partial charge in [0.15, 0.2) is 11.5 Å². The number of methoxy groups -OCH3 is 3. The molecule has 1 heterocycles. The molecule has 0 fully saturated rings. The summed E-state index contributed by atoms with van der Waals surface area (Å²) in [7, 11) is 2.28. The quantitative estimate of drug-likeness (QED) is 0.648. The third-order valence-electron chi connectivity index (χ3n) is 5.44. The number of anilines is 1. The van der Waals surface area contributed by atoms with Gasteiger partial charge in [0.25, 0.3) is 0 Å². The molecule has 168 valence electrons. The van der Waals surface area contributed by atoms with Crippen molar-refractivity contribution >= 4 is 21.6 Å². The maximum atomic E-state index is 13.3. The van der Waals surface area contributed by atoms with Gasteiger partial charge in [0, 0.05) is 38.3 Å². The van der Waals surface area contributed by atoms with Gasteiger partial charge >= 0.3 is 0 Å². The molecule has 0 spiro atoms. The van der Waals surface area contributed by atoms with Crippen LogP contribution >= 0.6 is 0 Å². The lowest BCUT2D eigenvalue weighted by molar-refractivity contribution is -0.116. The molecule has 8 nitrogen and oxygen atoms in total. The topological polar surface area (TPSA) is 85.4 Å². The van der Waals surface area contributed by atoms with Crippen LogP contribution in [0.2, 0.25) is 0 Å². The summed E-state index contributed by atoms with van der Waals surface area (Å²) in [6.45, 7) is 2.25. The molecule has 1 aliphatic rings. The van der Waals surface area contributed by atoms with Gasteiger partial charge in [-0.05, 0) is 42.7 Å². The molecule has 0 bridgehead atoms. The number of nitrogens with zero attached hydrogens (tertiary/aromatic N) is 2. The molecule has 0 radical (unpaired) electrons. The molecule has 1 aliphatic heterocycles. The van der Waals surface area contributed by atoms with E-state index in [0.29, 0.717) is 29.4 Å². The van der Waals surface area contributed by atoms with Crippen molar-refractivity contribution in [3.05, 3.63) is 41.5 Å².